The first-order chi connectivity index (χ1) is 10.6. The third kappa shape index (κ3) is 8.25. The van der Waals surface area contributed by atoms with Crippen molar-refractivity contribution in [3.8, 4) is 0 Å². The molecule has 0 bridgehead atoms. The van der Waals surface area contributed by atoms with Crippen LogP contribution in [0.4, 0.5) is 0 Å². The van der Waals surface area contributed by atoms with E-state index in [1.54, 1.807) is 0 Å². The molecule has 0 atom stereocenters. The van der Waals surface area contributed by atoms with Crippen molar-refractivity contribution >= 4 is 5.78 Å². The molecule has 0 amide bonds. The standard InChI is InChI=1S/C18H34O4/c1-4-5-6-7-8-9-10-11-12-13-18(22-16(2)3)20-14-17(19)15-21-18/h16H,4-15H2,1-3H3. The van der Waals surface area contributed by atoms with Crippen LogP contribution in [0.25, 0.3) is 0 Å². The van der Waals surface area contributed by atoms with Crippen LogP contribution < -0.4 is 0 Å². The highest BCUT2D eigenvalue weighted by molar-refractivity contribution is 5.81. The van der Waals surface area contributed by atoms with Gasteiger partial charge in [0.1, 0.15) is 13.2 Å². The third-order valence-corrected chi connectivity index (χ3v) is 3.91. The number of ketones is 1. The van der Waals surface area contributed by atoms with Crippen LogP contribution in [0.3, 0.4) is 0 Å². The molecule has 0 saturated carbocycles. The molecule has 130 valence electrons. The molecule has 0 unspecified atom stereocenters. The molecule has 0 aromatic rings. The monoisotopic (exact) mass is 314 g/mol. The predicted octanol–water partition coefficient (Wildman–Crippen LogP) is 4.60. The summed E-state index contributed by atoms with van der Waals surface area (Å²) in [7, 11) is 0. The number of unbranched alkanes of at least 4 members (excludes halogenated alkanes) is 8. The highest BCUT2D eigenvalue weighted by Gasteiger charge is 2.38. The summed E-state index contributed by atoms with van der Waals surface area (Å²) in [6.45, 7) is 6.37. The first-order valence-corrected chi connectivity index (χ1v) is 9.05. The molecule has 1 fully saturated rings. The van der Waals surface area contributed by atoms with Crippen LogP contribution in [0.2, 0.25) is 0 Å². The first kappa shape index (κ1) is 19.6. The topological polar surface area (TPSA) is 44.8 Å². The number of rotatable bonds is 12. The summed E-state index contributed by atoms with van der Waals surface area (Å²) < 4.78 is 16.9. The average Bonchev–Trinajstić information content (AvgIpc) is 2.48. The Kier molecular flexibility index (Phi) is 9.92. The summed E-state index contributed by atoms with van der Waals surface area (Å²) in [5.41, 5.74) is 0. The fourth-order valence-electron chi connectivity index (χ4n) is 2.75. The van der Waals surface area contributed by atoms with E-state index in [2.05, 4.69) is 6.92 Å². The van der Waals surface area contributed by atoms with Crippen molar-refractivity contribution in [1.82, 2.24) is 0 Å². The molecule has 22 heavy (non-hydrogen) atoms. The Morgan fingerprint density at radius 1 is 0.955 bits per heavy atom. The smallest absolute Gasteiger partial charge is 0.283 e. The second-order valence-corrected chi connectivity index (χ2v) is 6.54. The van der Waals surface area contributed by atoms with Crippen LogP contribution in [0.1, 0.15) is 85.0 Å². The molecule has 0 aromatic heterocycles. The van der Waals surface area contributed by atoms with Gasteiger partial charge in [0.05, 0.1) is 6.10 Å². The van der Waals surface area contributed by atoms with E-state index < -0.39 is 5.97 Å². The molecule has 0 spiro atoms. The molecule has 4 heteroatoms. The van der Waals surface area contributed by atoms with E-state index in [0.29, 0.717) is 6.42 Å². The Balaban J connectivity index is 2.14. The van der Waals surface area contributed by atoms with E-state index in [-0.39, 0.29) is 25.1 Å². The minimum absolute atomic E-state index is 0.0185. The highest BCUT2D eigenvalue weighted by atomic mass is 16.9. The number of Topliss-reactive ketones (excluding diaryl/α,β-unsaturated/α-hetero) is 1. The van der Waals surface area contributed by atoms with Crippen molar-refractivity contribution in [2.45, 2.75) is 97.1 Å². The number of carbonyl (C=O) groups excluding carboxylic acids is 1. The third-order valence-electron chi connectivity index (χ3n) is 3.91. The van der Waals surface area contributed by atoms with Gasteiger partial charge in [0.25, 0.3) is 5.97 Å². The summed E-state index contributed by atoms with van der Waals surface area (Å²) in [6.07, 6.45) is 12.2. The van der Waals surface area contributed by atoms with Crippen LogP contribution >= 0.6 is 0 Å². The SMILES string of the molecule is CCCCCCCCCCCC1(OC(C)C)OCC(=O)CO1. The Morgan fingerprint density at radius 2 is 1.45 bits per heavy atom. The van der Waals surface area contributed by atoms with Gasteiger partial charge in [-0.25, -0.2) is 0 Å². The Morgan fingerprint density at radius 3 is 1.95 bits per heavy atom. The van der Waals surface area contributed by atoms with Crippen molar-refractivity contribution in [3.05, 3.63) is 0 Å². The Bertz CT molecular complexity index is 291. The second-order valence-electron chi connectivity index (χ2n) is 6.54. The van der Waals surface area contributed by atoms with Crippen LogP contribution in [-0.2, 0) is 19.0 Å². The van der Waals surface area contributed by atoms with Gasteiger partial charge in [-0.2, -0.15) is 0 Å². The van der Waals surface area contributed by atoms with Gasteiger partial charge in [0.15, 0.2) is 5.78 Å². The molecule has 0 aliphatic carbocycles. The van der Waals surface area contributed by atoms with E-state index in [4.69, 9.17) is 14.2 Å². The first-order valence-electron chi connectivity index (χ1n) is 9.05. The normalized spacial score (nSPS) is 18.1. The quantitative estimate of drug-likeness (QED) is 0.494. The van der Waals surface area contributed by atoms with Crippen molar-refractivity contribution in [2.75, 3.05) is 13.2 Å². The van der Waals surface area contributed by atoms with Crippen LogP contribution in [0.5, 0.6) is 0 Å². The van der Waals surface area contributed by atoms with Gasteiger partial charge in [0.2, 0.25) is 0 Å². The number of ether oxygens (including phenoxy) is 3. The lowest BCUT2D eigenvalue weighted by atomic mass is 10.1. The number of hydrogen-bond acceptors (Lipinski definition) is 4. The molecule has 1 rings (SSSR count). The largest absolute Gasteiger partial charge is 0.325 e. The maximum Gasteiger partial charge on any atom is 0.283 e. The molecule has 0 N–H and O–H groups in total. The van der Waals surface area contributed by atoms with Crippen LogP contribution in [0, 0.1) is 0 Å². The number of hydrogen-bond donors (Lipinski definition) is 0. The molecule has 0 aromatic carbocycles. The van der Waals surface area contributed by atoms with Crippen molar-refractivity contribution in [2.24, 2.45) is 0 Å². The van der Waals surface area contributed by atoms with Gasteiger partial charge in [-0.15, -0.1) is 0 Å². The molecule has 0 radical (unpaired) electrons. The summed E-state index contributed by atoms with van der Waals surface area (Å²) in [4.78, 5) is 11.3. The fraction of sp³-hybridized carbons (Fsp3) is 0.944. The molecule has 4 nitrogen and oxygen atoms in total. The lowest BCUT2D eigenvalue weighted by Crippen LogP contribution is -2.48. The van der Waals surface area contributed by atoms with Crippen molar-refractivity contribution in [3.63, 3.8) is 0 Å². The summed E-state index contributed by atoms with van der Waals surface area (Å²) in [6, 6.07) is 0. The maximum atomic E-state index is 11.3. The van der Waals surface area contributed by atoms with Crippen molar-refractivity contribution < 1.29 is 19.0 Å². The van der Waals surface area contributed by atoms with Gasteiger partial charge in [-0.05, 0) is 20.3 Å². The van der Waals surface area contributed by atoms with Gasteiger partial charge >= 0.3 is 0 Å². The van der Waals surface area contributed by atoms with E-state index in [1.165, 1.54) is 44.9 Å². The molecule has 1 heterocycles. The summed E-state index contributed by atoms with van der Waals surface area (Å²) in [5, 5.41) is 0. The van der Waals surface area contributed by atoms with E-state index >= 15 is 0 Å². The molecule has 1 aliphatic rings. The minimum atomic E-state index is -0.997. The molecule has 1 saturated heterocycles. The highest BCUT2D eigenvalue weighted by Crippen LogP contribution is 2.28. The summed E-state index contributed by atoms with van der Waals surface area (Å²) >= 11 is 0. The van der Waals surface area contributed by atoms with Crippen LogP contribution in [-0.4, -0.2) is 31.1 Å². The van der Waals surface area contributed by atoms with Gasteiger partial charge in [0, 0.05) is 6.42 Å². The van der Waals surface area contributed by atoms with E-state index in [9.17, 15) is 4.79 Å². The van der Waals surface area contributed by atoms with Gasteiger partial charge < -0.3 is 14.2 Å². The van der Waals surface area contributed by atoms with Gasteiger partial charge in [-0.3, -0.25) is 4.79 Å². The van der Waals surface area contributed by atoms with E-state index in [0.717, 1.165) is 12.8 Å². The molecular weight excluding hydrogens is 280 g/mol. The zero-order valence-electron chi connectivity index (χ0n) is 14.7. The molecular formula is C18H34O4. The minimum Gasteiger partial charge on any atom is -0.325 e. The fourth-order valence-corrected chi connectivity index (χ4v) is 2.75. The Hall–Kier alpha value is -0.450. The predicted molar refractivity (Wildman–Crippen MR) is 87.7 cm³/mol. The van der Waals surface area contributed by atoms with Crippen LogP contribution in [0.15, 0.2) is 0 Å². The lowest BCUT2D eigenvalue weighted by molar-refractivity contribution is -0.398. The average molecular weight is 314 g/mol. The second kappa shape index (κ2) is 11.1. The Labute approximate surface area is 135 Å². The maximum absolute atomic E-state index is 11.3. The van der Waals surface area contributed by atoms with Crippen molar-refractivity contribution in [1.29, 1.82) is 0 Å². The summed E-state index contributed by atoms with van der Waals surface area (Å²) in [5.74, 6) is -1.02. The van der Waals surface area contributed by atoms with E-state index in [1.807, 2.05) is 13.8 Å². The van der Waals surface area contributed by atoms with Gasteiger partial charge in [-0.1, -0.05) is 58.3 Å². The lowest BCUT2D eigenvalue weighted by Gasteiger charge is -2.37. The molecule has 1 aliphatic heterocycles. The zero-order valence-corrected chi connectivity index (χ0v) is 14.7. The number of carbonyl (C=O) groups is 1. The zero-order chi connectivity index (χ0) is 16.3.